The maximum atomic E-state index is 12.3. The minimum Gasteiger partial charge on any atom is -0.493 e. The van der Waals surface area contributed by atoms with Gasteiger partial charge >= 0.3 is 0 Å². The van der Waals surface area contributed by atoms with Crippen LogP contribution in [0.3, 0.4) is 0 Å². The molecule has 0 bridgehead atoms. The van der Waals surface area contributed by atoms with Crippen molar-refractivity contribution < 1.29 is 14.3 Å². The fourth-order valence-electron chi connectivity index (χ4n) is 2.21. The van der Waals surface area contributed by atoms with Crippen LogP contribution in [0.15, 0.2) is 55.1 Å². The van der Waals surface area contributed by atoms with Crippen LogP contribution in [0.4, 0.5) is 5.69 Å². The summed E-state index contributed by atoms with van der Waals surface area (Å²) in [7, 11) is 1.54. The monoisotopic (exact) mass is 358 g/mol. The maximum absolute atomic E-state index is 12.3. The van der Waals surface area contributed by atoms with Crippen molar-refractivity contribution in [3.63, 3.8) is 0 Å². The third kappa shape index (κ3) is 4.07. The summed E-state index contributed by atoms with van der Waals surface area (Å²) in [6.07, 6.45) is 2.94. The molecule has 0 atom stereocenters. The van der Waals surface area contributed by atoms with E-state index in [9.17, 15) is 4.79 Å². The highest BCUT2D eigenvalue weighted by atomic mass is 35.5. The van der Waals surface area contributed by atoms with Gasteiger partial charge in [0.05, 0.1) is 18.5 Å². The van der Waals surface area contributed by atoms with Gasteiger partial charge in [0.2, 0.25) is 0 Å². The van der Waals surface area contributed by atoms with Crippen molar-refractivity contribution in [3.8, 4) is 17.2 Å². The van der Waals surface area contributed by atoms with Crippen molar-refractivity contribution in [2.24, 2.45) is 0 Å². The van der Waals surface area contributed by atoms with E-state index in [4.69, 9.17) is 21.1 Å². The normalized spacial score (nSPS) is 10.3. The molecule has 0 unspecified atom stereocenters. The van der Waals surface area contributed by atoms with Gasteiger partial charge in [-0.1, -0.05) is 23.7 Å². The van der Waals surface area contributed by atoms with E-state index in [0.717, 1.165) is 0 Å². The Morgan fingerprint density at radius 2 is 2.04 bits per heavy atom. The van der Waals surface area contributed by atoms with E-state index < -0.39 is 0 Å². The summed E-state index contributed by atoms with van der Waals surface area (Å²) in [6.45, 7) is -0.177. The second-order valence-corrected chi connectivity index (χ2v) is 5.43. The topological polar surface area (TPSA) is 78.3 Å². The summed E-state index contributed by atoms with van der Waals surface area (Å²) in [6, 6.07) is 12.2. The first-order valence-corrected chi connectivity index (χ1v) is 7.75. The smallest absolute Gasteiger partial charge is 0.262 e. The summed E-state index contributed by atoms with van der Waals surface area (Å²) >= 11 is 6.03. The lowest BCUT2D eigenvalue weighted by Crippen LogP contribution is -2.21. The van der Waals surface area contributed by atoms with Gasteiger partial charge in [-0.05, 0) is 30.3 Å². The van der Waals surface area contributed by atoms with Crippen molar-refractivity contribution in [2.45, 2.75) is 0 Å². The minimum absolute atomic E-state index is 0.177. The number of carbonyl (C=O) groups is 1. The van der Waals surface area contributed by atoms with E-state index in [1.165, 1.54) is 17.3 Å². The molecule has 3 rings (SSSR count). The molecule has 2 aromatic carbocycles. The maximum Gasteiger partial charge on any atom is 0.262 e. The standard InChI is InChI=1S/C17H15ClN4O3/c1-24-15-4-2-3-5-16(15)25-9-17(23)21-13-8-12(18)6-7-14(13)22-11-19-10-20-22/h2-8,10-11H,9H2,1H3,(H,21,23). The van der Waals surface area contributed by atoms with Crippen LogP contribution < -0.4 is 14.8 Å². The van der Waals surface area contributed by atoms with E-state index in [1.54, 1.807) is 43.5 Å². The lowest BCUT2D eigenvalue weighted by atomic mass is 10.2. The molecule has 1 heterocycles. The van der Waals surface area contributed by atoms with E-state index in [2.05, 4.69) is 15.4 Å². The Kier molecular flexibility index (Phi) is 5.15. The summed E-state index contributed by atoms with van der Waals surface area (Å²) in [5.41, 5.74) is 1.15. The Bertz CT molecular complexity index is 868. The lowest BCUT2D eigenvalue weighted by Gasteiger charge is -2.13. The molecule has 25 heavy (non-hydrogen) atoms. The zero-order chi connectivity index (χ0) is 17.6. The van der Waals surface area contributed by atoms with Crippen LogP contribution in [0.2, 0.25) is 5.02 Å². The number of aromatic nitrogens is 3. The number of nitrogens with one attached hydrogen (secondary N) is 1. The van der Waals surface area contributed by atoms with Gasteiger partial charge in [0, 0.05) is 5.02 Å². The van der Waals surface area contributed by atoms with Gasteiger partial charge in [0.25, 0.3) is 5.91 Å². The van der Waals surface area contributed by atoms with E-state index in [-0.39, 0.29) is 12.5 Å². The Balaban J connectivity index is 1.72. The molecule has 0 saturated heterocycles. The highest BCUT2D eigenvalue weighted by molar-refractivity contribution is 6.31. The van der Waals surface area contributed by atoms with Crippen molar-refractivity contribution in [2.75, 3.05) is 19.0 Å². The number of benzene rings is 2. The molecule has 1 amide bonds. The Morgan fingerprint density at radius 1 is 1.24 bits per heavy atom. The number of carbonyl (C=O) groups excluding carboxylic acids is 1. The number of nitrogens with zero attached hydrogens (tertiary/aromatic N) is 3. The fourth-order valence-corrected chi connectivity index (χ4v) is 2.38. The zero-order valence-corrected chi connectivity index (χ0v) is 14.1. The minimum atomic E-state index is -0.338. The lowest BCUT2D eigenvalue weighted by molar-refractivity contribution is -0.118. The zero-order valence-electron chi connectivity index (χ0n) is 13.3. The summed E-state index contributed by atoms with van der Waals surface area (Å²) in [4.78, 5) is 16.2. The largest absolute Gasteiger partial charge is 0.493 e. The first-order valence-electron chi connectivity index (χ1n) is 7.37. The average Bonchev–Trinajstić information content (AvgIpc) is 3.14. The van der Waals surface area contributed by atoms with Crippen LogP contribution in [0, 0.1) is 0 Å². The van der Waals surface area contributed by atoms with Gasteiger partial charge in [-0.15, -0.1) is 0 Å². The van der Waals surface area contributed by atoms with Crippen LogP contribution in [0.25, 0.3) is 5.69 Å². The van der Waals surface area contributed by atoms with Crippen LogP contribution in [-0.2, 0) is 4.79 Å². The highest BCUT2D eigenvalue weighted by Crippen LogP contribution is 2.26. The number of para-hydroxylation sites is 2. The quantitative estimate of drug-likeness (QED) is 0.733. The molecule has 128 valence electrons. The van der Waals surface area contributed by atoms with Crippen molar-refractivity contribution in [1.29, 1.82) is 0 Å². The molecule has 1 aromatic heterocycles. The second kappa shape index (κ2) is 7.67. The number of hydrogen-bond acceptors (Lipinski definition) is 5. The summed E-state index contributed by atoms with van der Waals surface area (Å²) in [5, 5.41) is 7.32. The third-order valence-electron chi connectivity index (χ3n) is 3.33. The number of halogens is 1. The highest BCUT2D eigenvalue weighted by Gasteiger charge is 2.12. The predicted octanol–water partition coefficient (Wildman–Crippen LogP) is 2.95. The van der Waals surface area contributed by atoms with E-state index in [0.29, 0.717) is 27.9 Å². The molecule has 3 aromatic rings. The van der Waals surface area contributed by atoms with Gasteiger partial charge in [-0.3, -0.25) is 4.79 Å². The molecule has 0 fully saturated rings. The Morgan fingerprint density at radius 3 is 2.76 bits per heavy atom. The number of hydrogen-bond donors (Lipinski definition) is 1. The predicted molar refractivity (Wildman–Crippen MR) is 93.5 cm³/mol. The number of rotatable bonds is 6. The Labute approximate surface area is 149 Å². The molecule has 0 spiro atoms. The molecule has 0 saturated carbocycles. The molecule has 0 radical (unpaired) electrons. The Hall–Kier alpha value is -3.06. The average molecular weight is 359 g/mol. The van der Waals surface area contributed by atoms with Crippen LogP contribution in [0.5, 0.6) is 11.5 Å². The van der Waals surface area contributed by atoms with E-state index >= 15 is 0 Å². The molecule has 0 aliphatic carbocycles. The molecular weight excluding hydrogens is 344 g/mol. The molecular formula is C17H15ClN4O3. The molecule has 8 heteroatoms. The van der Waals surface area contributed by atoms with Gasteiger partial charge < -0.3 is 14.8 Å². The molecule has 7 nitrogen and oxygen atoms in total. The van der Waals surface area contributed by atoms with Gasteiger partial charge in [-0.25, -0.2) is 9.67 Å². The molecule has 0 aliphatic rings. The number of amides is 1. The van der Waals surface area contributed by atoms with Crippen LogP contribution >= 0.6 is 11.6 Å². The van der Waals surface area contributed by atoms with Gasteiger partial charge in [0.15, 0.2) is 18.1 Å². The summed E-state index contributed by atoms with van der Waals surface area (Å²) < 4.78 is 12.2. The van der Waals surface area contributed by atoms with Crippen LogP contribution in [-0.4, -0.2) is 34.4 Å². The molecule has 0 aliphatic heterocycles. The van der Waals surface area contributed by atoms with Crippen molar-refractivity contribution >= 4 is 23.2 Å². The number of anilines is 1. The van der Waals surface area contributed by atoms with Crippen molar-refractivity contribution in [1.82, 2.24) is 14.8 Å². The SMILES string of the molecule is COc1ccccc1OCC(=O)Nc1cc(Cl)ccc1-n1cncn1. The van der Waals surface area contributed by atoms with Crippen LogP contribution in [0.1, 0.15) is 0 Å². The number of ether oxygens (including phenoxy) is 2. The summed E-state index contributed by atoms with van der Waals surface area (Å²) in [5.74, 6) is 0.707. The van der Waals surface area contributed by atoms with E-state index in [1.807, 2.05) is 6.07 Å². The van der Waals surface area contributed by atoms with Gasteiger partial charge in [0.1, 0.15) is 12.7 Å². The third-order valence-corrected chi connectivity index (χ3v) is 3.56. The first-order chi connectivity index (χ1) is 12.2. The number of methoxy groups -OCH3 is 1. The van der Waals surface area contributed by atoms with Crippen molar-refractivity contribution in [3.05, 3.63) is 60.1 Å². The molecule has 1 N–H and O–H groups in total. The van der Waals surface area contributed by atoms with Gasteiger partial charge in [-0.2, -0.15) is 5.10 Å². The first kappa shape index (κ1) is 16.8. The fraction of sp³-hybridized carbons (Fsp3) is 0.118. The second-order valence-electron chi connectivity index (χ2n) is 4.99.